The summed E-state index contributed by atoms with van der Waals surface area (Å²) in [6.07, 6.45) is 0.707. The van der Waals surface area contributed by atoms with Gasteiger partial charge in [0.2, 0.25) is 0 Å². The summed E-state index contributed by atoms with van der Waals surface area (Å²) < 4.78 is 13.3. The van der Waals surface area contributed by atoms with Crippen molar-refractivity contribution >= 4 is 61.1 Å². The molecular weight excluding hydrogens is 593 g/mol. The van der Waals surface area contributed by atoms with Crippen molar-refractivity contribution < 1.29 is 28.5 Å². The first-order chi connectivity index (χ1) is 16.6. The topological polar surface area (TPSA) is 118 Å². The third-order valence-electron chi connectivity index (χ3n) is 6.13. The van der Waals surface area contributed by atoms with Crippen LogP contribution in [0.25, 0.3) is 0 Å². The van der Waals surface area contributed by atoms with Crippen LogP contribution in [0.5, 0.6) is 0 Å². The molecule has 0 unspecified atom stereocenters. The van der Waals surface area contributed by atoms with E-state index < -0.39 is 52.6 Å². The first-order valence-corrected chi connectivity index (χ1v) is 12.4. The van der Waals surface area contributed by atoms with Crippen molar-refractivity contribution in [3.8, 4) is 0 Å². The number of ketones is 1. The van der Waals surface area contributed by atoms with E-state index in [1.54, 1.807) is 0 Å². The predicted octanol–water partition coefficient (Wildman–Crippen LogP) is 3.90. The molecule has 12 heteroatoms. The molecule has 0 bridgehead atoms. The van der Waals surface area contributed by atoms with Gasteiger partial charge in [0.1, 0.15) is 12.4 Å². The summed E-state index contributed by atoms with van der Waals surface area (Å²) in [7, 11) is 0. The van der Waals surface area contributed by atoms with Gasteiger partial charge in [0, 0.05) is 32.9 Å². The predicted molar refractivity (Wildman–Crippen MR) is 128 cm³/mol. The van der Waals surface area contributed by atoms with Gasteiger partial charge in [0.15, 0.2) is 5.78 Å². The zero-order valence-corrected chi connectivity index (χ0v) is 21.1. The number of halogens is 3. The highest BCUT2D eigenvalue weighted by Gasteiger charge is 2.54. The molecule has 182 valence electrons. The van der Waals surface area contributed by atoms with E-state index in [0.29, 0.717) is 17.9 Å². The van der Waals surface area contributed by atoms with Crippen molar-refractivity contribution in [2.45, 2.75) is 22.5 Å². The summed E-state index contributed by atoms with van der Waals surface area (Å²) in [5.74, 6) is -4.71. The standard InChI is InChI=1S/C23H18Br2FN3O6/c24-18-9-16-17(10-19(18)25)23(33)28(22(16)32)27(11-20(30)12-4-6-14(26)7-5-12)21(31)13-2-1-3-15(8-13)29(34)35/h1-8,16-19H,9-11H2/t16-,17-,18+,19+/m1/s1. The van der Waals surface area contributed by atoms with Crippen LogP contribution in [0.2, 0.25) is 0 Å². The van der Waals surface area contributed by atoms with Crippen LogP contribution in [0.1, 0.15) is 33.6 Å². The summed E-state index contributed by atoms with van der Waals surface area (Å²) in [5, 5.41) is 12.6. The Morgan fingerprint density at radius 2 is 1.57 bits per heavy atom. The zero-order chi connectivity index (χ0) is 25.4. The third kappa shape index (κ3) is 4.90. The largest absolute Gasteiger partial charge is 0.292 e. The van der Waals surface area contributed by atoms with E-state index in [1.807, 2.05) is 0 Å². The Kier molecular flexibility index (Phi) is 7.13. The fourth-order valence-electron chi connectivity index (χ4n) is 4.31. The number of benzene rings is 2. The number of Topliss-reactive ketones (excluding diaryl/α,β-unsaturated/α-hetero) is 1. The fraction of sp³-hybridized carbons (Fsp3) is 0.304. The first-order valence-electron chi connectivity index (χ1n) is 10.6. The maximum atomic E-state index is 13.5. The quantitative estimate of drug-likeness (QED) is 0.161. The molecule has 4 rings (SSSR count). The molecule has 0 radical (unpaired) electrons. The summed E-state index contributed by atoms with van der Waals surface area (Å²) >= 11 is 7.00. The molecule has 1 aliphatic heterocycles. The van der Waals surface area contributed by atoms with Gasteiger partial charge in [0.25, 0.3) is 23.4 Å². The maximum absolute atomic E-state index is 13.5. The van der Waals surface area contributed by atoms with Crippen LogP contribution < -0.4 is 0 Å². The number of rotatable bonds is 6. The molecule has 2 fully saturated rings. The molecule has 2 aromatic carbocycles. The Balaban J connectivity index is 1.72. The van der Waals surface area contributed by atoms with Crippen LogP contribution in [-0.2, 0) is 9.59 Å². The van der Waals surface area contributed by atoms with Gasteiger partial charge in [0.05, 0.1) is 16.8 Å². The average molecular weight is 611 g/mol. The van der Waals surface area contributed by atoms with Gasteiger partial charge in [-0.25, -0.2) is 9.40 Å². The maximum Gasteiger partial charge on any atom is 0.273 e. The Labute approximate surface area is 215 Å². The Morgan fingerprint density at radius 1 is 1.00 bits per heavy atom. The number of hydrazine groups is 1. The smallest absolute Gasteiger partial charge is 0.273 e. The molecule has 1 heterocycles. The molecule has 1 saturated carbocycles. The SMILES string of the molecule is O=C(CN(C(=O)c1cccc([N+](=O)[O-])c1)N1C(=O)[C@@H]2C[C@H](Br)[C@@H](Br)C[C@H]2C1=O)c1ccc(F)cc1. The number of carbonyl (C=O) groups is 4. The number of fused-ring (bicyclic) bond motifs is 1. The van der Waals surface area contributed by atoms with E-state index >= 15 is 0 Å². The highest BCUT2D eigenvalue weighted by molar-refractivity contribution is 9.12. The Hall–Kier alpha value is -2.99. The van der Waals surface area contributed by atoms with Crippen molar-refractivity contribution in [2.75, 3.05) is 6.54 Å². The minimum atomic E-state index is -0.921. The van der Waals surface area contributed by atoms with Crippen LogP contribution in [0.15, 0.2) is 48.5 Å². The van der Waals surface area contributed by atoms with Crippen molar-refractivity contribution in [3.63, 3.8) is 0 Å². The molecule has 2 aromatic rings. The second-order valence-corrected chi connectivity index (χ2v) is 10.7. The molecule has 3 amide bonds. The highest BCUT2D eigenvalue weighted by atomic mass is 79.9. The van der Waals surface area contributed by atoms with Crippen LogP contribution in [-0.4, -0.2) is 54.6 Å². The van der Waals surface area contributed by atoms with E-state index in [-0.39, 0.29) is 26.5 Å². The molecule has 2 aliphatic rings. The third-order valence-corrected chi connectivity index (χ3v) is 8.86. The number of alkyl halides is 2. The second-order valence-electron chi connectivity index (χ2n) is 8.30. The number of hydrogen-bond acceptors (Lipinski definition) is 6. The summed E-state index contributed by atoms with van der Waals surface area (Å²) in [4.78, 5) is 63.5. The Morgan fingerprint density at radius 3 is 2.11 bits per heavy atom. The lowest BCUT2D eigenvalue weighted by molar-refractivity contribution is -0.384. The lowest BCUT2D eigenvalue weighted by atomic mass is 9.81. The number of imide groups is 1. The number of amides is 3. The molecule has 4 atom stereocenters. The lowest BCUT2D eigenvalue weighted by Crippen LogP contribution is -2.52. The second kappa shape index (κ2) is 9.94. The van der Waals surface area contributed by atoms with Crippen molar-refractivity contribution in [3.05, 3.63) is 75.6 Å². The van der Waals surface area contributed by atoms with Gasteiger partial charge >= 0.3 is 0 Å². The number of nitrogens with zero attached hydrogens (tertiary/aromatic N) is 3. The van der Waals surface area contributed by atoms with E-state index in [4.69, 9.17) is 0 Å². The van der Waals surface area contributed by atoms with Gasteiger partial charge in [-0.2, -0.15) is 5.01 Å². The van der Waals surface area contributed by atoms with E-state index in [0.717, 1.165) is 23.2 Å². The number of nitro benzene ring substituents is 1. The van der Waals surface area contributed by atoms with Gasteiger partial charge in [-0.05, 0) is 43.2 Å². The molecule has 35 heavy (non-hydrogen) atoms. The number of nitro groups is 1. The molecule has 1 saturated heterocycles. The molecule has 0 spiro atoms. The summed E-state index contributed by atoms with van der Waals surface area (Å²) in [5.41, 5.74) is -0.461. The van der Waals surface area contributed by atoms with Gasteiger partial charge in [-0.15, -0.1) is 0 Å². The van der Waals surface area contributed by atoms with Crippen molar-refractivity contribution in [1.82, 2.24) is 10.0 Å². The van der Waals surface area contributed by atoms with Crippen molar-refractivity contribution in [2.24, 2.45) is 11.8 Å². The number of non-ortho nitro benzene ring substituents is 1. The number of carbonyl (C=O) groups excluding carboxylic acids is 4. The van der Waals surface area contributed by atoms with Crippen LogP contribution in [0.4, 0.5) is 10.1 Å². The Bertz CT molecular complexity index is 1200. The normalized spacial score (nSPS) is 23.7. The van der Waals surface area contributed by atoms with Crippen molar-refractivity contribution in [1.29, 1.82) is 0 Å². The molecule has 0 N–H and O–H groups in total. The van der Waals surface area contributed by atoms with E-state index in [9.17, 15) is 33.7 Å². The van der Waals surface area contributed by atoms with Gasteiger partial charge < -0.3 is 0 Å². The van der Waals surface area contributed by atoms with Gasteiger partial charge in [-0.1, -0.05) is 37.9 Å². The fourth-order valence-corrected chi connectivity index (χ4v) is 5.55. The number of hydrogen-bond donors (Lipinski definition) is 0. The van der Waals surface area contributed by atoms with Crippen LogP contribution >= 0.6 is 31.9 Å². The molecular formula is C23H18Br2FN3O6. The van der Waals surface area contributed by atoms with Crippen LogP contribution in [0, 0.1) is 27.8 Å². The van der Waals surface area contributed by atoms with E-state index in [1.165, 1.54) is 30.3 Å². The molecule has 0 aromatic heterocycles. The van der Waals surface area contributed by atoms with Gasteiger partial charge in [-0.3, -0.25) is 29.3 Å². The zero-order valence-electron chi connectivity index (χ0n) is 18.0. The first kappa shape index (κ1) is 25.1. The summed E-state index contributed by atoms with van der Waals surface area (Å²) in [6, 6.07) is 9.41. The minimum absolute atomic E-state index is 0.0674. The molecule has 9 nitrogen and oxygen atoms in total. The van der Waals surface area contributed by atoms with Crippen LogP contribution in [0.3, 0.4) is 0 Å². The average Bonchev–Trinajstić information content (AvgIpc) is 3.06. The minimum Gasteiger partial charge on any atom is -0.292 e. The monoisotopic (exact) mass is 609 g/mol. The highest BCUT2D eigenvalue weighted by Crippen LogP contribution is 2.43. The molecule has 1 aliphatic carbocycles. The lowest BCUT2D eigenvalue weighted by Gasteiger charge is -2.30. The van der Waals surface area contributed by atoms with E-state index in [2.05, 4.69) is 31.9 Å². The summed E-state index contributed by atoms with van der Waals surface area (Å²) in [6.45, 7) is -0.695.